The zero-order valence-electron chi connectivity index (χ0n) is 6.90. The molecule has 1 aliphatic heterocycles. The highest BCUT2D eigenvalue weighted by atomic mass is 35.5. The molecule has 2 heteroatoms. The molecular formula is C11H8ClN. The van der Waals surface area contributed by atoms with Gasteiger partial charge in [0.15, 0.2) is 0 Å². The lowest BCUT2D eigenvalue weighted by Gasteiger charge is -1.97. The Morgan fingerprint density at radius 3 is 2.54 bits per heavy atom. The molecule has 0 aliphatic carbocycles. The molecule has 1 nitrogen and oxygen atoms in total. The van der Waals surface area contributed by atoms with Gasteiger partial charge < -0.3 is 0 Å². The number of aliphatic imine (C=N–C) groups is 1. The second-order valence-corrected chi connectivity index (χ2v) is 2.98. The molecule has 0 saturated carbocycles. The largest absolute Gasteiger partial charge is 0.256 e. The minimum atomic E-state index is 0. The summed E-state index contributed by atoms with van der Waals surface area (Å²) in [6, 6.07) is 12.5. The Labute approximate surface area is 82.5 Å². The molecule has 0 aromatic heterocycles. The fraction of sp³-hybridized carbons (Fsp3) is 0. The van der Waals surface area contributed by atoms with Crippen LogP contribution < -0.4 is 0 Å². The lowest BCUT2D eigenvalue weighted by Crippen LogP contribution is -1.76. The molecule has 0 atom stereocenters. The van der Waals surface area contributed by atoms with Crippen molar-refractivity contribution in [2.75, 3.05) is 0 Å². The van der Waals surface area contributed by atoms with Gasteiger partial charge in [0.1, 0.15) is 0 Å². The van der Waals surface area contributed by atoms with E-state index < -0.39 is 0 Å². The van der Waals surface area contributed by atoms with Crippen LogP contribution in [-0.2, 0) is 0 Å². The first-order valence-electron chi connectivity index (χ1n) is 4.01. The maximum Gasteiger partial charge on any atom is 0.0714 e. The van der Waals surface area contributed by atoms with Crippen molar-refractivity contribution in [1.82, 2.24) is 0 Å². The van der Waals surface area contributed by atoms with Gasteiger partial charge in [-0.1, -0.05) is 30.3 Å². The van der Waals surface area contributed by atoms with E-state index in [2.05, 4.69) is 35.3 Å². The third kappa shape index (κ3) is 1.04. The van der Waals surface area contributed by atoms with E-state index in [0.717, 1.165) is 5.69 Å². The van der Waals surface area contributed by atoms with Crippen molar-refractivity contribution < 1.29 is 0 Å². The van der Waals surface area contributed by atoms with Crippen LogP contribution in [0.2, 0.25) is 0 Å². The minimum absolute atomic E-state index is 0. The first kappa shape index (κ1) is 8.27. The fourth-order valence-corrected chi connectivity index (χ4v) is 1.70. The molecule has 1 heterocycles. The van der Waals surface area contributed by atoms with Gasteiger partial charge in [-0.05, 0) is 11.5 Å². The Hall–Kier alpha value is -1.34. The molecule has 0 saturated heterocycles. The molecule has 1 aliphatic rings. The fourth-order valence-electron chi connectivity index (χ4n) is 1.70. The number of nitrogens with zero attached hydrogens (tertiary/aromatic N) is 1. The van der Waals surface area contributed by atoms with Gasteiger partial charge in [0.2, 0.25) is 0 Å². The van der Waals surface area contributed by atoms with Gasteiger partial charge in [-0.25, -0.2) is 0 Å². The average molecular weight is 190 g/mol. The SMILES string of the molecule is C1=Nc2cccc3cccc1c23.Cl. The van der Waals surface area contributed by atoms with Crippen LogP contribution in [0.1, 0.15) is 5.56 Å². The molecule has 0 spiro atoms. The highest BCUT2D eigenvalue weighted by molar-refractivity contribution is 6.10. The van der Waals surface area contributed by atoms with Crippen LogP contribution in [0.15, 0.2) is 41.4 Å². The maximum absolute atomic E-state index is 4.32. The van der Waals surface area contributed by atoms with E-state index in [4.69, 9.17) is 0 Å². The minimum Gasteiger partial charge on any atom is -0.256 e. The highest BCUT2D eigenvalue weighted by Gasteiger charge is 2.07. The third-order valence-corrected chi connectivity index (χ3v) is 2.26. The van der Waals surface area contributed by atoms with Crippen LogP contribution in [0.5, 0.6) is 0 Å². The van der Waals surface area contributed by atoms with Crippen molar-refractivity contribution in [2.45, 2.75) is 0 Å². The van der Waals surface area contributed by atoms with E-state index in [0.29, 0.717) is 0 Å². The Morgan fingerprint density at radius 2 is 1.69 bits per heavy atom. The lowest BCUT2D eigenvalue weighted by atomic mass is 10.1. The highest BCUT2D eigenvalue weighted by Crippen LogP contribution is 2.32. The quantitative estimate of drug-likeness (QED) is 0.515. The molecule has 13 heavy (non-hydrogen) atoms. The van der Waals surface area contributed by atoms with Crippen LogP contribution in [0.25, 0.3) is 10.8 Å². The van der Waals surface area contributed by atoms with E-state index in [9.17, 15) is 0 Å². The average Bonchev–Trinajstić information content (AvgIpc) is 2.52. The van der Waals surface area contributed by atoms with Gasteiger partial charge in [-0.2, -0.15) is 0 Å². The molecule has 2 aromatic rings. The summed E-state index contributed by atoms with van der Waals surface area (Å²) in [7, 11) is 0. The second-order valence-electron chi connectivity index (χ2n) is 2.98. The molecule has 64 valence electrons. The van der Waals surface area contributed by atoms with E-state index >= 15 is 0 Å². The number of halogens is 1. The zero-order valence-corrected chi connectivity index (χ0v) is 7.71. The molecule has 2 aromatic carbocycles. The molecule has 0 radical (unpaired) electrons. The molecular weight excluding hydrogens is 182 g/mol. The third-order valence-electron chi connectivity index (χ3n) is 2.26. The standard InChI is InChI=1S/C11H7N.ClH/c1-3-8-4-2-6-10-11(8)9(5-1)7-12-10;/h1-7H;1H. The van der Waals surface area contributed by atoms with Gasteiger partial charge in [-0.3, -0.25) is 4.99 Å². The topological polar surface area (TPSA) is 12.4 Å². The van der Waals surface area contributed by atoms with Crippen LogP contribution in [-0.4, -0.2) is 6.21 Å². The number of benzene rings is 2. The summed E-state index contributed by atoms with van der Waals surface area (Å²) in [6.07, 6.45) is 1.93. The summed E-state index contributed by atoms with van der Waals surface area (Å²) in [6.45, 7) is 0. The molecule has 0 bridgehead atoms. The monoisotopic (exact) mass is 189 g/mol. The summed E-state index contributed by atoms with van der Waals surface area (Å²) in [5, 5.41) is 2.57. The van der Waals surface area contributed by atoms with E-state index in [-0.39, 0.29) is 12.4 Å². The van der Waals surface area contributed by atoms with Gasteiger partial charge in [-0.15, -0.1) is 12.4 Å². The van der Waals surface area contributed by atoms with Crippen LogP contribution in [0, 0.1) is 0 Å². The first-order chi connectivity index (χ1) is 5.95. The second kappa shape index (κ2) is 2.86. The Morgan fingerprint density at radius 1 is 0.923 bits per heavy atom. The molecule has 0 amide bonds. The van der Waals surface area contributed by atoms with Crippen molar-refractivity contribution in [1.29, 1.82) is 0 Å². The van der Waals surface area contributed by atoms with Gasteiger partial charge in [0.25, 0.3) is 0 Å². The lowest BCUT2D eigenvalue weighted by molar-refractivity contribution is 1.63. The predicted octanol–water partition coefficient (Wildman–Crippen LogP) is 3.33. The normalized spacial score (nSPS) is 11.7. The van der Waals surface area contributed by atoms with E-state index in [1.807, 2.05) is 12.3 Å². The first-order valence-corrected chi connectivity index (χ1v) is 4.01. The summed E-state index contributed by atoms with van der Waals surface area (Å²) >= 11 is 0. The molecule has 0 N–H and O–H groups in total. The van der Waals surface area contributed by atoms with Gasteiger partial charge >= 0.3 is 0 Å². The smallest absolute Gasteiger partial charge is 0.0714 e. The van der Waals surface area contributed by atoms with Gasteiger partial charge in [0.05, 0.1) is 5.69 Å². The molecule has 0 unspecified atom stereocenters. The number of hydrogen-bond acceptors (Lipinski definition) is 1. The summed E-state index contributed by atoms with van der Waals surface area (Å²) < 4.78 is 0. The predicted molar refractivity (Wildman–Crippen MR) is 58.5 cm³/mol. The van der Waals surface area contributed by atoms with Crippen molar-refractivity contribution in [3.05, 3.63) is 42.0 Å². The molecule has 0 fully saturated rings. The number of rotatable bonds is 0. The zero-order chi connectivity index (χ0) is 7.97. The molecule has 3 rings (SSSR count). The summed E-state index contributed by atoms with van der Waals surface area (Å²) in [5.74, 6) is 0. The van der Waals surface area contributed by atoms with Crippen molar-refractivity contribution in [3.8, 4) is 0 Å². The van der Waals surface area contributed by atoms with Gasteiger partial charge in [0, 0.05) is 17.2 Å². The van der Waals surface area contributed by atoms with E-state index in [1.54, 1.807) is 0 Å². The van der Waals surface area contributed by atoms with Crippen LogP contribution in [0.3, 0.4) is 0 Å². The Kier molecular flexibility index (Phi) is 1.82. The summed E-state index contributed by atoms with van der Waals surface area (Å²) in [5.41, 5.74) is 2.34. The number of hydrogen-bond donors (Lipinski definition) is 0. The van der Waals surface area contributed by atoms with Crippen molar-refractivity contribution in [2.24, 2.45) is 4.99 Å². The van der Waals surface area contributed by atoms with Crippen molar-refractivity contribution in [3.63, 3.8) is 0 Å². The maximum atomic E-state index is 4.32. The van der Waals surface area contributed by atoms with Crippen LogP contribution in [0.4, 0.5) is 5.69 Å². The van der Waals surface area contributed by atoms with E-state index in [1.165, 1.54) is 16.3 Å². The summed E-state index contributed by atoms with van der Waals surface area (Å²) in [4.78, 5) is 4.32. The van der Waals surface area contributed by atoms with Crippen molar-refractivity contribution >= 4 is 35.1 Å². The Bertz CT molecular complexity index is 448. The van der Waals surface area contributed by atoms with Crippen LogP contribution >= 0.6 is 12.4 Å². The Balaban J connectivity index is 0.000000653.